The Hall–Kier alpha value is -1.42. The van der Waals surface area contributed by atoms with Gasteiger partial charge in [-0.05, 0) is 42.4 Å². The second-order valence-electron chi connectivity index (χ2n) is 6.88. The first-order valence-electron chi connectivity index (χ1n) is 7.52. The lowest BCUT2D eigenvalue weighted by atomic mass is 9.85. The third-order valence-electron chi connectivity index (χ3n) is 3.63. The molecular formula is C17H24FNO2. The van der Waals surface area contributed by atoms with Crippen LogP contribution in [-0.2, 0) is 9.53 Å². The van der Waals surface area contributed by atoms with Crippen molar-refractivity contribution in [2.75, 3.05) is 6.61 Å². The highest BCUT2D eigenvalue weighted by Gasteiger charge is 2.28. The summed E-state index contributed by atoms with van der Waals surface area (Å²) < 4.78 is 18.5. The number of carbonyl (C=O) groups is 1. The average Bonchev–Trinajstić information content (AvgIpc) is 2.91. The van der Waals surface area contributed by atoms with Gasteiger partial charge in [-0.3, -0.25) is 4.79 Å². The third-order valence-corrected chi connectivity index (χ3v) is 3.63. The molecule has 1 aromatic rings. The second kappa shape index (κ2) is 6.56. The fraction of sp³-hybridized carbons (Fsp3) is 0.588. The van der Waals surface area contributed by atoms with Gasteiger partial charge in [0.05, 0.1) is 6.04 Å². The third kappa shape index (κ3) is 4.81. The molecule has 0 radical (unpaired) electrons. The molecule has 2 rings (SSSR count). The number of carbonyl (C=O) groups excluding carboxylic acids is 1. The van der Waals surface area contributed by atoms with Gasteiger partial charge in [0.2, 0.25) is 5.91 Å². The number of ether oxygens (including phenoxy) is 1. The maximum atomic E-state index is 13.1. The summed E-state index contributed by atoms with van der Waals surface area (Å²) in [6.07, 6.45) is 2.15. The summed E-state index contributed by atoms with van der Waals surface area (Å²) in [5.41, 5.74) is 0.987. The van der Waals surface area contributed by atoms with E-state index in [0.717, 1.165) is 24.8 Å². The van der Waals surface area contributed by atoms with Crippen LogP contribution in [0.3, 0.4) is 0 Å². The summed E-state index contributed by atoms with van der Waals surface area (Å²) in [6, 6.07) is 6.22. The molecule has 1 aliphatic heterocycles. The fourth-order valence-electron chi connectivity index (χ4n) is 2.61. The number of hydrogen-bond acceptors (Lipinski definition) is 2. The normalized spacial score (nSPS) is 20.3. The lowest BCUT2D eigenvalue weighted by Gasteiger charge is -2.28. The van der Waals surface area contributed by atoms with E-state index in [1.807, 2.05) is 0 Å². The van der Waals surface area contributed by atoms with Crippen molar-refractivity contribution in [1.29, 1.82) is 0 Å². The number of hydrogen-bond donors (Lipinski definition) is 1. The van der Waals surface area contributed by atoms with Gasteiger partial charge in [-0.2, -0.15) is 0 Å². The highest BCUT2D eigenvalue weighted by Crippen LogP contribution is 2.30. The van der Waals surface area contributed by atoms with Crippen LogP contribution in [0.2, 0.25) is 0 Å². The summed E-state index contributed by atoms with van der Waals surface area (Å²) >= 11 is 0. The molecular weight excluding hydrogens is 269 g/mol. The highest BCUT2D eigenvalue weighted by atomic mass is 19.1. The Bertz CT molecular complexity index is 473. The van der Waals surface area contributed by atoms with E-state index in [-0.39, 0.29) is 29.3 Å². The van der Waals surface area contributed by atoms with Crippen LogP contribution >= 0.6 is 0 Å². The molecule has 0 aromatic heterocycles. The number of nitrogens with one attached hydrogen (secondary N) is 1. The SMILES string of the molecule is CC(C)(C)C[C@@H](NC(=O)[C@H]1CCCO1)c1ccc(F)cc1. The van der Waals surface area contributed by atoms with E-state index in [1.54, 1.807) is 12.1 Å². The maximum Gasteiger partial charge on any atom is 0.249 e. The Morgan fingerprint density at radius 1 is 1.38 bits per heavy atom. The molecule has 4 heteroatoms. The smallest absolute Gasteiger partial charge is 0.249 e. The summed E-state index contributed by atoms with van der Waals surface area (Å²) in [6.45, 7) is 7.03. The number of benzene rings is 1. The monoisotopic (exact) mass is 293 g/mol. The standard InChI is InChI=1S/C17H24FNO2/c1-17(2,3)11-14(12-6-8-13(18)9-7-12)19-16(20)15-5-4-10-21-15/h6-9,14-15H,4-5,10-11H2,1-3H3,(H,19,20)/t14-,15-/m1/s1. The first-order valence-corrected chi connectivity index (χ1v) is 7.52. The van der Waals surface area contributed by atoms with Gasteiger partial charge in [0.15, 0.2) is 0 Å². The largest absolute Gasteiger partial charge is 0.368 e. The van der Waals surface area contributed by atoms with Crippen LogP contribution < -0.4 is 5.32 Å². The van der Waals surface area contributed by atoms with Crippen LogP contribution in [0.1, 0.15) is 51.6 Å². The Morgan fingerprint density at radius 2 is 2.05 bits per heavy atom. The molecule has 1 aliphatic rings. The minimum atomic E-state index is -0.340. The molecule has 1 fully saturated rings. The van der Waals surface area contributed by atoms with Gasteiger partial charge in [-0.25, -0.2) is 4.39 Å². The quantitative estimate of drug-likeness (QED) is 0.921. The lowest BCUT2D eigenvalue weighted by Crippen LogP contribution is -2.38. The molecule has 0 unspecified atom stereocenters. The van der Waals surface area contributed by atoms with E-state index >= 15 is 0 Å². The molecule has 0 bridgehead atoms. The first kappa shape index (κ1) is 16.0. The summed E-state index contributed by atoms with van der Waals surface area (Å²) in [5.74, 6) is -0.329. The van der Waals surface area contributed by atoms with Gasteiger partial charge in [-0.1, -0.05) is 32.9 Å². The van der Waals surface area contributed by atoms with E-state index in [0.29, 0.717) is 6.61 Å². The van der Waals surface area contributed by atoms with Crippen molar-refractivity contribution in [3.05, 3.63) is 35.6 Å². The molecule has 21 heavy (non-hydrogen) atoms. The van der Waals surface area contributed by atoms with E-state index in [9.17, 15) is 9.18 Å². The summed E-state index contributed by atoms with van der Waals surface area (Å²) in [7, 11) is 0. The topological polar surface area (TPSA) is 38.3 Å². The van der Waals surface area contributed by atoms with Crippen molar-refractivity contribution in [2.24, 2.45) is 5.41 Å². The van der Waals surface area contributed by atoms with Gasteiger partial charge in [0, 0.05) is 6.61 Å². The second-order valence-corrected chi connectivity index (χ2v) is 6.88. The van der Waals surface area contributed by atoms with Crippen molar-refractivity contribution < 1.29 is 13.9 Å². The number of rotatable bonds is 4. The minimum absolute atomic E-state index is 0.0584. The van der Waals surface area contributed by atoms with Gasteiger partial charge in [0.1, 0.15) is 11.9 Å². The van der Waals surface area contributed by atoms with Crippen molar-refractivity contribution in [3.8, 4) is 0 Å². The fourth-order valence-corrected chi connectivity index (χ4v) is 2.61. The first-order chi connectivity index (χ1) is 9.85. The zero-order chi connectivity index (χ0) is 15.5. The Balaban J connectivity index is 2.11. The van der Waals surface area contributed by atoms with Gasteiger partial charge >= 0.3 is 0 Å². The summed E-state index contributed by atoms with van der Waals surface area (Å²) in [5, 5.41) is 3.06. The minimum Gasteiger partial charge on any atom is -0.368 e. The van der Waals surface area contributed by atoms with Crippen molar-refractivity contribution in [1.82, 2.24) is 5.32 Å². The zero-order valence-electron chi connectivity index (χ0n) is 13.0. The van der Waals surface area contributed by atoms with Gasteiger partial charge in [-0.15, -0.1) is 0 Å². The molecule has 1 heterocycles. The van der Waals surface area contributed by atoms with Crippen molar-refractivity contribution >= 4 is 5.91 Å². The predicted molar refractivity (Wildman–Crippen MR) is 80.3 cm³/mol. The molecule has 0 aliphatic carbocycles. The van der Waals surface area contributed by atoms with Crippen LogP contribution in [0.4, 0.5) is 4.39 Å². The van der Waals surface area contributed by atoms with Crippen molar-refractivity contribution in [3.63, 3.8) is 0 Å². The molecule has 2 atom stereocenters. The summed E-state index contributed by atoms with van der Waals surface area (Å²) in [4.78, 5) is 12.3. The van der Waals surface area contributed by atoms with Crippen LogP contribution in [0.5, 0.6) is 0 Å². The molecule has 0 spiro atoms. The molecule has 116 valence electrons. The maximum absolute atomic E-state index is 13.1. The van der Waals surface area contributed by atoms with Gasteiger partial charge < -0.3 is 10.1 Å². The molecule has 0 saturated carbocycles. The Morgan fingerprint density at radius 3 is 2.57 bits per heavy atom. The van der Waals surface area contributed by atoms with Crippen LogP contribution in [0, 0.1) is 11.2 Å². The molecule has 1 amide bonds. The van der Waals surface area contributed by atoms with E-state index < -0.39 is 0 Å². The predicted octanol–water partition coefficient (Wildman–Crippen LogP) is 3.60. The number of halogens is 1. The molecule has 1 N–H and O–H groups in total. The van der Waals surface area contributed by atoms with Gasteiger partial charge in [0.25, 0.3) is 0 Å². The van der Waals surface area contributed by atoms with Crippen molar-refractivity contribution in [2.45, 2.75) is 52.2 Å². The lowest BCUT2D eigenvalue weighted by molar-refractivity contribution is -0.131. The Labute approximate surface area is 125 Å². The molecule has 1 aromatic carbocycles. The van der Waals surface area contributed by atoms with Crippen LogP contribution in [-0.4, -0.2) is 18.6 Å². The molecule has 3 nitrogen and oxygen atoms in total. The van der Waals surface area contributed by atoms with Crippen LogP contribution in [0.15, 0.2) is 24.3 Å². The molecule has 1 saturated heterocycles. The zero-order valence-corrected chi connectivity index (χ0v) is 13.0. The van der Waals surface area contributed by atoms with E-state index in [4.69, 9.17) is 4.74 Å². The number of amides is 1. The van der Waals surface area contributed by atoms with Crippen LogP contribution in [0.25, 0.3) is 0 Å². The average molecular weight is 293 g/mol. The highest BCUT2D eigenvalue weighted by molar-refractivity contribution is 5.81. The van der Waals surface area contributed by atoms with E-state index in [2.05, 4.69) is 26.1 Å². The van der Waals surface area contributed by atoms with E-state index in [1.165, 1.54) is 12.1 Å². The Kier molecular flexibility index (Phi) is 4.99.